The fraction of sp³-hybridized carbons (Fsp3) is 0. The molecule has 0 aliphatic heterocycles. The van der Waals surface area contributed by atoms with Gasteiger partial charge in [0.15, 0.2) is 0 Å². The molecule has 1 N–H and O–H groups in total. The summed E-state index contributed by atoms with van der Waals surface area (Å²) in [5.74, 6) is -1.14. The van der Waals surface area contributed by atoms with Crippen LogP contribution in [0.4, 0.5) is 10.1 Å². The summed E-state index contributed by atoms with van der Waals surface area (Å²) < 4.78 is 14.1. The average molecular weight is 325 g/mol. The van der Waals surface area contributed by atoms with Gasteiger partial charge in [0.05, 0.1) is 15.6 Å². The number of carbonyl (C=O) groups is 1. The molecule has 0 radical (unpaired) electrons. The lowest BCUT2D eigenvalue weighted by Gasteiger charge is -2.05. The van der Waals surface area contributed by atoms with E-state index in [1.165, 1.54) is 18.2 Å². The van der Waals surface area contributed by atoms with E-state index >= 15 is 0 Å². The number of amides is 1. The second kappa shape index (κ2) is 5.45. The summed E-state index contributed by atoms with van der Waals surface area (Å²) in [6.45, 7) is 0. The van der Waals surface area contributed by atoms with Crippen LogP contribution in [0.3, 0.4) is 0 Å². The molecule has 0 saturated carbocycles. The SMILES string of the molecule is O=C(Nc1ccc(Cl)cc1F)c1cc(Cl)sc1Cl. The zero-order chi connectivity index (χ0) is 13.3. The monoisotopic (exact) mass is 323 g/mol. The lowest BCUT2D eigenvalue weighted by atomic mass is 10.2. The molecule has 0 spiro atoms. The molecule has 0 unspecified atom stereocenters. The van der Waals surface area contributed by atoms with E-state index in [1.54, 1.807) is 0 Å². The molecule has 2 rings (SSSR count). The van der Waals surface area contributed by atoms with Crippen molar-refractivity contribution < 1.29 is 9.18 Å². The van der Waals surface area contributed by atoms with Crippen LogP contribution in [0.25, 0.3) is 0 Å². The van der Waals surface area contributed by atoms with Gasteiger partial charge in [-0.15, -0.1) is 11.3 Å². The van der Waals surface area contributed by atoms with Gasteiger partial charge in [-0.2, -0.15) is 0 Å². The Morgan fingerprint density at radius 2 is 1.94 bits per heavy atom. The van der Waals surface area contributed by atoms with Gasteiger partial charge in [-0.1, -0.05) is 34.8 Å². The van der Waals surface area contributed by atoms with E-state index < -0.39 is 11.7 Å². The minimum atomic E-state index is -0.617. The lowest BCUT2D eigenvalue weighted by Crippen LogP contribution is -2.12. The van der Waals surface area contributed by atoms with Crippen molar-refractivity contribution in [2.45, 2.75) is 0 Å². The van der Waals surface area contributed by atoms with Crippen molar-refractivity contribution in [3.8, 4) is 0 Å². The Bertz CT molecular complexity index is 614. The summed E-state index contributed by atoms with van der Waals surface area (Å²) >= 11 is 18.2. The quantitative estimate of drug-likeness (QED) is 0.818. The van der Waals surface area contributed by atoms with Crippen LogP contribution in [-0.4, -0.2) is 5.91 Å². The van der Waals surface area contributed by atoms with Crippen molar-refractivity contribution in [2.75, 3.05) is 5.32 Å². The maximum absolute atomic E-state index is 13.5. The molecule has 0 bridgehead atoms. The van der Waals surface area contributed by atoms with E-state index in [1.807, 2.05) is 0 Å². The number of halogens is 4. The number of nitrogens with one attached hydrogen (secondary N) is 1. The largest absolute Gasteiger partial charge is 0.319 e. The second-order valence-corrected chi connectivity index (χ2v) is 6.04. The van der Waals surface area contributed by atoms with Crippen molar-refractivity contribution in [1.29, 1.82) is 0 Å². The highest BCUT2D eigenvalue weighted by Crippen LogP contribution is 2.31. The number of thiophene rings is 1. The van der Waals surface area contributed by atoms with Crippen molar-refractivity contribution in [2.24, 2.45) is 0 Å². The van der Waals surface area contributed by atoms with Gasteiger partial charge in [-0.05, 0) is 24.3 Å². The molecule has 1 amide bonds. The van der Waals surface area contributed by atoms with Gasteiger partial charge in [-0.3, -0.25) is 4.79 Å². The minimum Gasteiger partial charge on any atom is -0.319 e. The third-order valence-corrected chi connectivity index (χ3v) is 3.80. The normalized spacial score (nSPS) is 10.4. The zero-order valence-electron chi connectivity index (χ0n) is 8.64. The predicted molar refractivity (Wildman–Crippen MR) is 73.7 cm³/mol. The Hall–Kier alpha value is -0.810. The van der Waals surface area contributed by atoms with Gasteiger partial charge < -0.3 is 5.32 Å². The number of rotatable bonds is 2. The highest BCUT2D eigenvalue weighted by molar-refractivity contribution is 7.20. The molecule has 0 fully saturated rings. The molecule has 1 aromatic heterocycles. The molecule has 2 aromatic rings. The maximum atomic E-state index is 13.5. The van der Waals surface area contributed by atoms with Gasteiger partial charge in [0.2, 0.25) is 0 Å². The van der Waals surface area contributed by atoms with E-state index in [-0.39, 0.29) is 20.6 Å². The van der Waals surface area contributed by atoms with Gasteiger partial charge in [0.25, 0.3) is 5.91 Å². The molecule has 1 heterocycles. The van der Waals surface area contributed by atoms with Gasteiger partial charge in [0.1, 0.15) is 10.2 Å². The van der Waals surface area contributed by atoms with Crippen molar-refractivity contribution >= 4 is 57.7 Å². The fourth-order valence-corrected chi connectivity index (χ4v) is 2.89. The molecule has 18 heavy (non-hydrogen) atoms. The van der Waals surface area contributed by atoms with Crippen LogP contribution in [0.2, 0.25) is 13.7 Å². The molecular weight excluding hydrogens is 320 g/mol. The Morgan fingerprint density at radius 1 is 1.22 bits per heavy atom. The highest BCUT2D eigenvalue weighted by atomic mass is 35.5. The van der Waals surface area contributed by atoms with E-state index in [9.17, 15) is 9.18 Å². The van der Waals surface area contributed by atoms with E-state index in [0.29, 0.717) is 4.34 Å². The first-order valence-corrected chi connectivity index (χ1v) is 6.63. The van der Waals surface area contributed by atoms with Gasteiger partial charge >= 0.3 is 0 Å². The van der Waals surface area contributed by atoms with Crippen molar-refractivity contribution in [1.82, 2.24) is 0 Å². The molecule has 1 aromatic carbocycles. The van der Waals surface area contributed by atoms with E-state index in [2.05, 4.69) is 5.32 Å². The molecule has 94 valence electrons. The molecule has 2 nitrogen and oxygen atoms in total. The molecule has 0 aliphatic carbocycles. The van der Waals surface area contributed by atoms with E-state index in [4.69, 9.17) is 34.8 Å². The topological polar surface area (TPSA) is 29.1 Å². The number of hydrogen-bond donors (Lipinski definition) is 1. The fourth-order valence-electron chi connectivity index (χ4n) is 1.28. The summed E-state index contributed by atoms with van der Waals surface area (Å²) in [6.07, 6.45) is 0. The van der Waals surface area contributed by atoms with Crippen LogP contribution in [0.15, 0.2) is 24.3 Å². The Morgan fingerprint density at radius 3 is 2.50 bits per heavy atom. The smallest absolute Gasteiger partial charge is 0.258 e. The van der Waals surface area contributed by atoms with E-state index in [0.717, 1.165) is 17.4 Å². The average Bonchev–Trinajstić information content (AvgIpc) is 2.62. The first-order valence-electron chi connectivity index (χ1n) is 4.68. The summed E-state index contributed by atoms with van der Waals surface area (Å²) in [5, 5.41) is 2.65. The molecule has 7 heteroatoms. The maximum Gasteiger partial charge on any atom is 0.258 e. The van der Waals surface area contributed by atoms with Gasteiger partial charge in [-0.25, -0.2) is 4.39 Å². The summed E-state index contributed by atoms with van der Waals surface area (Å²) in [4.78, 5) is 11.8. The highest BCUT2D eigenvalue weighted by Gasteiger charge is 2.15. The second-order valence-electron chi connectivity index (χ2n) is 3.32. The van der Waals surface area contributed by atoms with Crippen molar-refractivity contribution in [3.63, 3.8) is 0 Å². The van der Waals surface area contributed by atoms with Crippen LogP contribution in [-0.2, 0) is 0 Å². The van der Waals surface area contributed by atoms with Crippen LogP contribution in [0, 0.1) is 5.82 Å². The number of carbonyl (C=O) groups excluding carboxylic acids is 1. The number of anilines is 1. The molecular formula is C11H5Cl3FNOS. The Labute approximate surface area is 121 Å². The summed E-state index contributed by atoms with van der Waals surface area (Å²) in [5.41, 5.74) is 0.240. The van der Waals surface area contributed by atoms with Gasteiger partial charge in [0, 0.05) is 5.02 Å². The molecule has 0 saturated heterocycles. The Kier molecular flexibility index (Phi) is 4.12. The minimum absolute atomic E-state index is 0.0304. The molecule has 0 aliphatic rings. The lowest BCUT2D eigenvalue weighted by molar-refractivity contribution is 0.102. The third kappa shape index (κ3) is 2.95. The first kappa shape index (κ1) is 13.6. The number of hydrogen-bond acceptors (Lipinski definition) is 2. The van der Waals surface area contributed by atoms with Crippen molar-refractivity contribution in [3.05, 3.63) is 49.3 Å². The van der Waals surface area contributed by atoms with Crippen LogP contribution in [0.1, 0.15) is 10.4 Å². The van der Waals surface area contributed by atoms with Crippen LogP contribution >= 0.6 is 46.1 Å². The first-order chi connectivity index (χ1) is 8.47. The zero-order valence-corrected chi connectivity index (χ0v) is 11.7. The summed E-state index contributed by atoms with van der Waals surface area (Å²) in [6, 6.07) is 5.39. The standard InChI is InChI=1S/C11H5Cl3FNOS/c12-5-1-2-8(7(15)3-5)16-11(17)6-4-9(13)18-10(6)14/h1-4H,(H,16,17). The van der Waals surface area contributed by atoms with Crippen LogP contribution < -0.4 is 5.32 Å². The van der Waals surface area contributed by atoms with Crippen LogP contribution in [0.5, 0.6) is 0 Å². The third-order valence-electron chi connectivity index (χ3n) is 2.08. The molecule has 0 atom stereocenters. The summed E-state index contributed by atoms with van der Waals surface area (Å²) in [7, 11) is 0. The predicted octanol–water partition coefficient (Wildman–Crippen LogP) is 5.10. The Balaban J connectivity index is 2.24. The number of benzene rings is 1.